The summed E-state index contributed by atoms with van der Waals surface area (Å²) in [6.07, 6.45) is -0.132. The van der Waals surface area contributed by atoms with Gasteiger partial charge in [-0.2, -0.15) is 0 Å². The van der Waals surface area contributed by atoms with E-state index in [-0.39, 0.29) is 31.3 Å². The quantitative estimate of drug-likeness (QED) is 0.820. The lowest BCUT2D eigenvalue weighted by Gasteiger charge is -2.16. The Morgan fingerprint density at radius 2 is 1.85 bits per heavy atom. The molecular weight excluding hydrogens is 284 g/mol. The zero-order valence-electron chi connectivity index (χ0n) is 10.9. The summed E-state index contributed by atoms with van der Waals surface area (Å²) >= 11 is 5.71. The summed E-state index contributed by atoms with van der Waals surface area (Å²) in [7, 11) is 1.49. The zero-order valence-corrected chi connectivity index (χ0v) is 11.7. The Kier molecular flexibility index (Phi) is 5.99. The van der Waals surface area contributed by atoms with Crippen LogP contribution in [0.15, 0.2) is 24.3 Å². The molecule has 1 aromatic rings. The molecule has 0 aromatic heterocycles. The topological polar surface area (TPSA) is 86.7 Å². The largest absolute Gasteiger partial charge is 0.481 e. The van der Waals surface area contributed by atoms with Crippen LogP contribution in [0.5, 0.6) is 0 Å². The van der Waals surface area contributed by atoms with Crippen molar-refractivity contribution >= 4 is 29.4 Å². The van der Waals surface area contributed by atoms with E-state index in [0.29, 0.717) is 10.6 Å². The van der Waals surface area contributed by atoms with Crippen LogP contribution in [-0.4, -0.2) is 47.9 Å². The van der Waals surface area contributed by atoms with E-state index in [0.717, 1.165) is 0 Å². The zero-order chi connectivity index (χ0) is 15.1. The number of amides is 2. The molecule has 0 heterocycles. The van der Waals surface area contributed by atoms with Gasteiger partial charge in [-0.05, 0) is 24.3 Å². The average molecular weight is 299 g/mol. The fourth-order valence-corrected chi connectivity index (χ4v) is 1.51. The molecule has 0 aliphatic carbocycles. The number of hydrogen-bond donors (Lipinski definition) is 2. The number of aliphatic carboxylic acids is 1. The normalized spacial score (nSPS) is 9.90. The van der Waals surface area contributed by atoms with Crippen LogP contribution >= 0.6 is 11.6 Å². The molecule has 0 bridgehead atoms. The molecule has 2 amide bonds. The fraction of sp³-hybridized carbons (Fsp3) is 0.308. The molecule has 6 nitrogen and oxygen atoms in total. The molecule has 0 spiro atoms. The molecule has 0 atom stereocenters. The minimum atomic E-state index is -0.977. The number of carbonyl (C=O) groups excluding carboxylic acids is 2. The predicted molar refractivity (Wildman–Crippen MR) is 73.7 cm³/mol. The summed E-state index contributed by atoms with van der Waals surface area (Å²) < 4.78 is 0. The molecular formula is C13H15ClN2O4. The highest BCUT2D eigenvalue weighted by molar-refractivity contribution is 6.30. The van der Waals surface area contributed by atoms with Gasteiger partial charge >= 0.3 is 5.97 Å². The van der Waals surface area contributed by atoms with Gasteiger partial charge in [-0.25, -0.2) is 0 Å². The van der Waals surface area contributed by atoms with Crippen LogP contribution < -0.4 is 5.32 Å². The van der Waals surface area contributed by atoms with Gasteiger partial charge in [0.15, 0.2) is 0 Å². The molecule has 1 aromatic carbocycles. The Labute approximate surface area is 121 Å². The molecule has 0 saturated heterocycles. The van der Waals surface area contributed by atoms with E-state index in [1.54, 1.807) is 24.3 Å². The van der Waals surface area contributed by atoms with E-state index in [1.165, 1.54) is 11.9 Å². The number of nitrogens with one attached hydrogen (secondary N) is 1. The average Bonchev–Trinajstić information content (AvgIpc) is 2.42. The maximum Gasteiger partial charge on any atom is 0.305 e. The third-order valence-electron chi connectivity index (χ3n) is 2.59. The van der Waals surface area contributed by atoms with Crippen LogP contribution in [0.4, 0.5) is 0 Å². The number of nitrogens with zero attached hydrogens (tertiary/aromatic N) is 1. The smallest absolute Gasteiger partial charge is 0.305 e. The van der Waals surface area contributed by atoms with Crippen LogP contribution in [0.25, 0.3) is 0 Å². The summed E-state index contributed by atoms with van der Waals surface area (Å²) in [5.74, 6) is -1.72. The van der Waals surface area contributed by atoms with Crippen molar-refractivity contribution in [1.29, 1.82) is 0 Å². The van der Waals surface area contributed by atoms with Gasteiger partial charge in [0.05, 0.1) is 13.0 Å². The third kappa shape index (κ3) is 5.27. The lowest BCUT2D eigenvalue weighted by Crippen LogP contribution is -2.38. The number of benzene rings is 1. The van der Waals surface area contributed by atoms with E-state index >= 15 is 0 Å². The number of likely N-dealkylation sites (N-methyl/N-ethyl adjacent to an activating group) is 1. The molecule has 108 valence electrons. The first-order valence-electron chi connectivity index (χ1n) is 5.89. The summed E-state index contributed by atoms with van der Waals surface area (Å²) in [6, 6.07) is 6.26. The minimum Gasteiger partial charge on any atom is -0.481 e. The molecule has 1 rings (SSSR count). The van der Waals surface area contributed by atoms with Crippen LogP contribution in [-0.2, 0) is 9.59 Å². The van der Waals surface area contributed by atoms with Gasteiger partial charge in [-0.3, -0.25) is 14.4 Å². The third-order valence-corrected chi connectivity index (χ3v) is 2.85. The number of carbonyl (C=O) groups is 3. The Hall–Kier alpha value is -2.08. The van der Waals surface area contributed by atoms with E-state index < -0.39 is 5.97 Å². The predicted octanol–water partition coefficient (Wildman–Crippen LogP) is 1.00. The second-order valence-corrected chi connectivity index (χ2v) is 4.59. The van der Waals surface area contributed by atoms with Gasteiger partial charge < -0.3 is 15.3 Å². The monoisotopic (exact) mass is 298 g/mol. The Bertz CT molecular complexity index is 502. The van der Waals surface area contributed by atoms with Crippen LogP contribution in [0, 0.1) is 0 Å². The summed E-state index contributed by atoms with van der Waals surface area (Å²) in [4.78, 5) is 35.0. The van der Waals surface area contributed by atoms with Crippen molar-refractivity contribution in [2.45, 2.75) is 6.42 Å². The van der Waals surface area contributed by atoms with Gasteiger partial charge in [-0.1, -0.05) is 11.6 Å². The van der Waals surface area contributed by atoms with E-state index in [9.17, 15) is 14.4 Å². The molecule has 7 heteroatoms. The molecule has 0 fully saturated rings. The molecule has 0 saturated carbocycles. The van der Waals surface area contributed by atoms with E-state index in [2.05, 4.69) is 5.32 Å². The molecule has 0 radical (unpaired) electrons. The van der Waals surface area contributed by atoms with Gasteiger partial charge in [0.2, 0.25) is 5.91 Å². The van der Waals surface area contributed by atoms with Crippen LogP contribution in [0.2, 0.25) is 5.02 Å². The molecule has 20 heavy (non-hydrogen) atoms. The SMILES string of the molecule is CN(CCC(=O)O)C(=O)CNC(=O)c1ccc(Cl)cc1. The van der Waals surface area contributed by atoms with Gasteiger partial charge in [0.1, 0.15) is 0 Å². The minimum absolute atomic E-state index is 0.102. The number of carboxylic acid groups (broad SMARTS) is 1. The first-order chi connectivity index (χ1) is 9.40. The van der Waals surface area contributed by atoms with E-state index in [4.69, 9.17) is 16.7 Å². The molecule has 0 aliphatic rings. The van der Waals surface area contributed by atoms with Crippen LogP contribution in [0.3, 0.4) is 0 Å². The van der Waals surface area contributed by atoms with Gasteiger partial charge in [0.25, 0.3) is 5.91 Å². The molecule has 0 unspecified atom stereocenters. The Morgan fingerprint density at radius 1 is 1.25 bits per heavy atom. The second kappa shape index (κ2) is 7.49. The van der Waals surface area contributed by atoms with Gasteiger partial charge in [0, 0.05) is 24.2 Å². The van der Waals surface area contributed by atoms with E-state index in [1.807, 2.05) is 0 Å². The van der Waals surface area contributed by atoms with Crippen molar-refractivity contribution in [2.75, 3.05) is 20.1 Å². The maximum absolute atomic E-state index is 11.7. The second-order valence-electron chi connectivity index (χ2n) is 4.15. The van der Waals surface area contributed by atoms with Crippen LogP contribution in [0.1, 0.15) is 16.8 Å². The summed E-state index contributed by atoms with van der Waals surface area (Å²) in [6.45, 7) is -0.0808. The number of halogens is 1. The summed E-state index contributed by atoms with van der Waals surface area (Å²) in [5.41, 5.74) is 0.399. The highest BCUT2D eigenvalue weighted by atomic mass is 35.5. The van der Waals surface area contributed by atoms with Crippen molar-refractivity contribution in [3.8, 4) is 0 Å². The lowest BCUT2D eigenvalue weighted by atomic mass is 10.2. The lowest BCUT2D eigenvalue weighted by molar-refractivity contribution is -0.138. The van der Waals surface area contributed by atoms with Crippen molar-refractivity contribution in [1.82, 2.24) is 10.2 Å². The molecule has 0 aliphatic heterocycles. The first kappa shape index (κ1) is 16.0. The maximum atomic E-state index is 11.7. The fourth-order valence-electron chi connectivity index (χ4n) is 1.38. The van der Waals surface area contributed by atoms with Crippen molar-refractivity contribution < 1.29 is 19.5 Å². The highest BCUT2D eigenvalue weighted by Gasteiger charge is 2.12. The Balaban J connectivity index is 2.42. The Morgan fingerprint density at radius 3 is 2.40 bits per heavy atom. The molecule has 2 N–H and O–H groups in total. The highest BCUT2D eigenvalue weighted by Crippen LogP contribution is 2.09. The first-order valence-corrected chi connectivity index (χ1v) is 6.27. The van der Waals surface area contributed by atoms with Crippen molar-refractivity contribution in [2.24, 2.45) is 0 Å². The summed E-state index contributed by atoms with van der Waals surface area (Å²) in [5, 5.41) is 11.5. The number of rotatable bonds is 6. The standard InChI is InChI=1S/C13H15ClN2O4/c1-16(7-6-12(18)19)11(17)8-15-13(20)9-2-4-10(14)5-3-9/h2-5H,6-8H2,1H3,(H,15,20)(H,18,19). The number of carboxylic acids is 1. The van der Waals surface area contributed by atoms with Gasteiger partial charge in [-0.15, -0.1) is 0 Å². The number of hydrogen-bond acceptors (Lipinski definition) is 3. The van der Waals surface area contributed by atoms with Crippen molar-refractivity contribution in [3.05, 3.63) is 34.9 Å². The van der Waals surface area contributed by atoms with Crippen molar-refractivity contribution in [3.63, 3.8) is 0 Å².